The molecule has 0 amide bonds. The van der Waals surface area contributed by atoms with Crippen molar-refractivity contribution in [1.29, 1.82) is 0 Å². The second-order valence-corrected chi connectivity index (χ2v) is 5.56. The second kappa shape index (κ2) is 4.53. The number of aromatic nitrogens is 1. The summed E-state index contributed by atoms with van der Waals surface area (Å²) in [5.74, 6) is 0. The van der Waals surface area contributed by atoms with Crippen LogP contribution in [0.4, 0.5) is 0 Å². The van der Waals surface area contributed by atoms with Crippen LogP contribution in [0.5, 0.6) is 0 Å². The predicted octanol–water partition coefficient (Wildman–Crippen LogP) is 3.24. The molecular formula is C9H8BrNOS2. The molecule has 0 aromatic carbocycles. The third-order valence-electron chi connectivity index (χ3n) is 1.81. The normalized spacial score (nSPS) is 13.0. The van der Waals surface area contributed by atoms with Gasteiger partial charge in [0.1, 0.15) is 11.1 Å². The lowest BCUT2D eigenvalue weighted by Crippen LogP contribution is -1.99. The Morgan fingerprint density at radius 2 is 2.29 bits per heavy atom. The Morgan fingerprint density at radius 3 is 2.86 bits per heavy atom. The maximum absolute atomic E-state index is 9.84. The van der Waals surface area contributed by atoms with Gasteiger partial charge in [0.2, 0.25) is 0 Å². The molecule has 2 heterocycles. The van der Waals surface area contributed by atoms with E-state index in [-0.39, 0.29) is 0 Å². The molecule has 0 saturated heterocycles. The summed E-state index contributed by atoms with van der Waals surface area (Å²) in [4.78, 5) is 5.24. The van der Waals surface area contributed by atoms with Gasteiger partial charge in [-0.05, 0) is 27.4 Å². The molecule has 0 bridgehead atoms. The van der Waals surface area contributed by atoms with Crippen LogP contribution < -0.4 is 0 Å². The topological polar surface area (TPSA) is 33.1 Å². The van der Waals surface area contributed by atoms with E-state index in [0.717, 1.165) is 14.4 Å². The van der Waals surface area contributed by atoms with Crippen LogP contribution in [0.25, 0.3) is 0 Å². The molecule has 0 spiro atoms. The zero-order valence-corrected chi connectivity index (χ0v) is 10.4. The van der Waals surface area contributed by atoms with Crippen molar-refractivity contribution < 1.29 is 5.11 Å². The SMILES string of the molecule is OC(Cc1sccc1Br)c1nccs1. The van der Waals surface area contributed by atoms with Crippen LogP contribution in [0.1, 0.15) is 16.0 Å². The average Bonchev–Trinajstić information content (AvgIpc) is 2.77. The molecular weight excluding hydrogens is 282 g/mol. The highest BCUT2D eigenvalue weighted by Gasteiger charge is 2.13. The van der Waals surface area contributed by atoms with Crippen molar-refractivity contribution in [2.45, 2.75) is 12.5 Å². The molecule has 5 heteroatoms. The van der Waals surface area contributed by atoms with Crippen molar-refractivity contribution in [3.8, 4) is 0 Å². The number of rotatable bonds is 3. The number of nitrogens with zero attached hydrogens (tertiary/aromatic N) is 1. The monoisotopic (exact) mass is 289 g/mol. The Bertz CT molecular complexity index is 399. The van der Waals surface area contributed by atoms with Crippen LogP contribution in [0.3, 0.4) is 0 Å². The van der Waals surface area contributed by atoms with E-state index >= 15 is 0 Å². The maximum Gasteiger partial charge on any atom is 0.122 e. The Morgan fingerprint density at radius 1 is 1.43 bits per heavy atom. The molecule has 2 nitrogen and oxygen atoms in total. The quantitative estimate of drug-likeness (QED) is 0.941. The van der Waals surface area contributed by atoms with Crippen LogP contribution >= 0.6 is 38.6 Å². The first-order chi connectivity index (χ1) is 6.77. The van der Waals surface area contributed by atoms with E-state index in [1.807, 2.05) is 16.8 Å². The van der Waals surface area contributed by atoms with E-state index in [0.29, 0.717) is 6.42 Å². The molecule has 0 saturated carbocycles. The molecule has 2 rings (SSSR count). The Hall–Kier alpha value is -0.230. The minimum Gasteiger partial charge on any atom is -0.386 e. The molecule has 14 heavy (non-hydrogen) atoms. The first-order valence-corrected chi connectivity index (χ1v) is 6.62. The fourth-order valence-corrected chi connectivity index (χ4v) is 3.31. The molecule has 0 aliphatic heterocycles. The second-order valence-electron chi connectivity index (χ2n) is 2.78. The number of thiazole rings is 1. The molecule has 1 unspecified atom stereocenters. The maximum atomic E-state index is 9.84. The van der Waals surface area contributed by atoms with Crippen LogP contribution in [0, 0.1) is 0 Å². The van der Waals surface area contributed by atoms with Gasteiger partial charge in [-0.3, -0.25) is 0 Å². The van der Waals surface area contributed by atoms with Gasteiger partial charge in [-0.15, -0.1) is 22.7 Å². The molecule has 74 valence electrons. The number of thiophene rings is 1. The van der Waals surface area contributed by atoms with Crippen LogP contribution in [-0.4, -0.2) is 10.1 Å². The number of hydrogen-bond donors (Lipinski definition) is 1. The molecule has 1 atom stereocenters. The van der Waals surface area contributed by atoms with E-state index in [2.05, 4.69) is 20.9 Å². The van der Waals surface area contributed by atoms with Gasteiger partial charge in [-0.2, -0.15) is 0 Å². The van der Waals surface area contributed by atoms with Gasteiger partial charge >= 0.3 is 0 Å². The molecule has 0 aliphatic rings. The van der Waals surface area contributed by atoms with Crippen molar-refractivity contribution in [3.05, 3.63) is 37.4 Å². The third-order valence-corrected chi connectivity index (χ3v) is 4.63. The van der Waals surface area contributed by atoms with Crippen molar-refractivity contribution in [2.24, 2.45) is 0 Å². The zero-order chi connectivity index (χ0) is 9.97. The van der Waals surface area contributed by atoms with E-state index in [4.69, 9.17) is 0 Å². The fourth-order valence-electron chi connectivity index (χ4n) is 1.13. The van der Waals surface area contributed by atoms with Gasteiger partial charge in [0.05, 0.1) is 0 Å². The van der Waals surface area contributed by atoms with Crippen LogP contribution in [0.2, 0.25) is 0 Å². The summed E-state index contributed by atoms with van der Waals surface area (Å²) in [5, 5.41) is 14.5. The lowest BCUT2D eigenvalue weighted by atomic mass is 10.2. The lowest BCUT2D eigenvalue weighted by molar-refractivity contribution is 0.179. The first-order valence-electron chi connectivity index (χ1n) is 4.06. The fraction of sp³-hybridized carbons (Fsp3) is 0.222. The third kappa shape index (κ3) is 2.23. The van der Waals surface area contributed by atoms with Gasteiger partial charge in [-0.25, -0.2) is 4.98 Å². The average molecular weight is 290 g/mol. The minimum atomic E-state index is -0.482. The highest BCUT2D eigenvalue weighted by molar-refractivity contribution is 9.10. The van der Waals surface area contributed by atoms with Crippen molar-refractivity contribution in [3.63, 3.8) is 0 Å². The lowest BCUT2D eigenvalue weighted by Gasteiger charge is -2.05. The summed E-state index contributed by atoms with van der Waals surface area (Å²) in [6, 6.07) is 1.99. The largest absolute Gasteiger partial charge is 0.386 e. The van der Waals surface area contributed by atoms with Crippen molar-refractivity contribution in [2.75, 3.05) is 0 Å². The molecule has 0 aliphatic carbocycles. The van der Waals surface area contributed by atoms with Gasteiger partial charge in [0, 0.05) is 27.3 Å². The predicted molar refractivity (Wildman–Crippen MR) is 62.8 cm³/mol. The van der Waals surface area contributed by atoms with Crippen LogP contribution in [0.15, 0.2) is 27.5 Å². The van der Waals surface area contributed by atoms with Gasteiger partial charge in [0.15, 0.2) is 0 Å². The molecule has 0 radical (unpaired) electrons. The summed E-state index contributed by atoms with van der Waals surface area (Å²) in [6.45, 7) is 0. The smallest absolute Gasteiger partial charge is 0.122 e. The van der Waals surface area contributed by atoms with E-state index in [1.54, 1.807) is 17.5 Å². The van der Waals surface area contributed by atoms with Gasteiger partial charge in [-0.1, -0.05) is 0 Å². The highest BCUT2D eigenvalue weighted by Crippen LogP contribution is 2.28. The van der Waals surface area contributed by atoms with Gasteiger partial charge < -0.3 is 5.11 Å². The summed E-state index contributed by atoms with van der Waals surface area (Å²) < 4.78 is 1.07. The summed E-state index contributed by atoms with van der Waals surface area (Å²) in [5.41, 5.74) is 0. The van der Waals surface area contributed by atoms with E-state index < -0.39 is 6.10 Å². The van der Waals surface area contributed by atoms with Crippen molar-refractivity contribution in [1.82, 2.24) is 4.98 Å². The molecule has 1 N–H and O–H groups in total. The highest BCUT2D eigenvalue weighted by atomic mass is 79.9. The number of halogens is 1. The summed E-state index contributed by atoms with van der Waals surface area (Å²) in [6.07, 6.45) is 1.86. The number of aliphatic hydroxyl groups excluding tert-OH is 1. The van der Waals surface area contributed by atoms with Crippen LogP contribution in [-0.2, 0) is 6.42 Å². The zero-order valence-electron chi connectivity index (χ0n) is 7.18. The van der Waals surface area contributed by atoms with Gasteiger partial charge in [0.25, 0.3) is 0 Å². The molecule has 2 aromatic heterocycles. The Kier molecular flexibility index (Phi) is 3.33. The summed E-state index contributed by atoms with van der Waals surface area (Å²) >= 11 is 6.57. The molecule has 0 fully saturated rings. The number of aliphatic hydroxyl groups is 1. The first kappa shape index (κ1) is 10.3. The standard InChI is InChI=1S/C9H8BrNOS2/c10-6-1-3-13-8(6)5-7(12)9-11-2-4-14-9/h1-4,7,12H,5H2. The van der Waals surface area contributed by atoms with E-state index in [9.17, 15) is 5.11 Å². The Balaban J connectivity index is 2.09. The Labute approximate surface area is 98.4 Å². The molecule has 2 aromatic rings. The number of hydrogen-bond acceptors (Lipinski definition) is 4. The van der Waals surface area contributed by atoms with Crippen molar-refractivity contribution >= 4 is 38.6 Å². The summed E-state index contributed by atoms with van der Waals surface area (Å²) in [7, 11) is 0. The van der Waals surface area contributed by atoms with E-state index in [1.165, 1.54) is 11.3 Å². The minimum absolute atomic E-state index is 0.482.